The van der Waals surface area contributed by atoms with E-state index in [1.54, 1.807) is 30.3 Å². The second-order valence-corrected chi connectivity index (χ2v) is 9.96. The topological polar surface area (TPSA) is 80.9 Å². The van der Waals surface area contributed by atoms with Crippen LogP contribution in [-0.4, -0.2) is 26.5 Å². The van der Waals surface area contributed by atoms with Crippen molar-refractivity contribution >= 4 is 16.3 Å². The van der Waals surface area contributed by atoms with Gasteiger partial charge in [-0.3, -0.25) is 0 Å². The van der Waals surface area contributed by atoms with Crippen molar-refractivity contribution in [3.05, 3.63) is 144 Å². The summed E-state index contributed by atoms with van der Waals surface area (Å²) in [5, 5.41) is 44.3. The van der Waals surface area contributed by atoms with Crippen molar-refractivity contribution in [2.75, 3.05) is 0 Å². The number of rotatable bonds is 5. The Bertz CT molecular complexity index is 1710. The molecule has 0 radical (unpaired) electrons. The second kappa shape index (κ2) is 10.2. The molecule has 4 nitrogen and oxygen atoms in total. The van der Waals surface area contributed by atoms with Crippen molar-refractivity contribution in [2.45, 2.75) is 18.4 Å². The third kappa shape index (κ3) is 4.90. The van der Waals surface area contributed by atoms with Crippen molar-refractivity contribution in [1.82, 2.24) is 0 Å². The minimum absolute atomic E-state index is 0.143. The lowest BCUT2D eigenvalue weighted by Crippen LogP contribution is -2.20. The zero-order valence-electron chi connectivity index (χ0n) is 21.2. The molecule has 0 fully saturated rings. The number of hydrogen-bond donors (Lipinski definition) is 4. The predicted molar refractivity (Wildman–Crippen MR) is 156 cm³/mol. The number of aliphatic hydroxyl groups is 1. The van der Waals surface area contributed by atoms with Crippen molar-refractivity contribution in [3.63, 3.8) is 0 Å². The Kier molecular flexibility index (Phi) is 6.39. The van der Waals surface area contributed by atoms with Crippen LogP contribution in [0.15, 0.2) is 127 Å². The van der Waals surface area contributed by atoms with Gasteiger partial charge in [-0.1, -0.05) is 84.9 Å². The van der Waals surface area contributed by atoms with Gasteiger partial charge in [0.15, 0.2) is 0 Å². The lowest BCUT2D eigenvalue weighted by atomic mass is 9.77. The van der Waals surface area contributed by atoms with E-state index in [0.29, 0.717) is 12.0 Å². The smallest absolute Gasteiger partial charge is 0.119 e. The lowest BCUT2D eigenvalue weighted by Gasteiger charge is -2.29. The van der Waals surface area contributed by atoms with Gasteiger partial charge in [0.05, 0.1) is 6.10 Å². The summed E-state index contributed by atoms with van der Waals surface area (Å²) in [7, 11) is 0. The second-order valence-electron chi connectivity index (χ2n) is 9.96. The highest BCUT2D eigenvalue weighted by Crippen LogP contribution is 2.44. The maximum Gasteiger partial charge on any atom is 0.119 e. The molecule has 2 atom stereocenters. The molecule has 0 spiro atoms. The Morgan fingerprint density at radius 2 is 1.26 bits per heavy atom. The third-order valence-electron chi connectivity index (χ3n) is 7.45. The number of fused-ring (bicyclic) bond motifs is 1. The van der Waals surface area contributed by atoms with Gasteiger partial charge in [-0.05, 0) is 87.0 Å². The summed E-state index contributed by atoms with van der Waals surface area (Å²) in [5.74, 6) is 0.118. The van der Waals surface area contributed by atoms with Crippen LogP contribution in [0.5, 0.6) is 17.2 Å². The molecule has 0 aromatic heterocycles. The highest BCUT2D eigenvalue weighted by atomic mass is 16.3. The fraction of sp³-hybridized carbons (Fsp3) is 0.0857. The first kappa shape index (κ1) is 24.5. The van der Waals surface area contributed by atoms with E-state index in [9.17, 15) is 20.4 Å². The van der Waals surface area contributed by atoms with Crippen LogP contribution in [0.25, 0.3) is 27.5 Å². The quantitative estimate of drug-likeness (QED) is 0.196. The minimum Gasteiger partial charge on any atom is -0.508 e. The molecule has 4 heteroatoms. The maximum atomic E-state index is 11.3. The Morgan fingerprint density at radius 1 is 0.615 bits per heavy atom. The summed E-state index contributed by atoms with van der Waals surface area (Å²) in [5.41, 5.74) is 6.14. The molecule has 6 rings (SSSR count). The monoisotopic (exact) mass is 512 g/mol. The summed E-state index contributed by atoms with van der Waals surface area (Å²) in [6.45, 7) is 0. The molecule has 4 N–H and O–H groups in total. The Balaban J connectivity index is 1.54. The van der Waals surface area contributed by atoms with Crippen LogP contribution in [0.4, 0.5) is 0 Å². The van der Waals surface area contributed by atoms with E-state index in [1.165, 1.54) is 0 Å². The molecule has 0 saturated carbocycles. The Hall–Kier alpha value is -4.80. The molecule has 5 aromatic carbocycles. The van der Waals surface area contributed by atoms with Gasteiger partial charge in [0.25, 0.3) is 0 Å². The van der Waals surface area contributed by atoms with Crippen LogP contribution in [0, 0.1) is 0 Å². The molecular weight excluding hydrogens is 484 g/mol. The average molecular weight is 513 g/mol. The zero-order valence-corrected chi connectivity index (χ0v) is 21.2. The summed E-state index contributed by atoms with van der Waals surface area (Å²) in [6, 6.07) is 33.9. The standard InChI is InChI=1S/C35H28O4/c36-29-13-7-23(8-14-29)26-11-17-33(38)31(20-26)35(28-6-5-22-3-1-2-4-25(22)19-28)32-21-27(12-18-34(32)39)24-9-15-30(37)16-10-24/h1-17,19-21,34-39H,18H2. The lowest BCUT2D eigenvalue weighted by molar-refractivity contribution is 0.207. The van der Waals surface area contributed by atoms with Crippen LogP contribution >= 0.6 is 0 Å². The maximum absolute atomic E-state index is 11.3. The van der Waals surface area contributed by atoms with Crippen molar-refractivity contribution in [3.8, 4) is 28.4 Å². The summed E-state index contributed by atoms with van der Waals surface area (Å²) < 4.78 is 0. The first-order valence-corrected chi connectivity index (χ1v) is 13.0. The fourth-order valence-corrected chi connectivity index (χ4v) is 5.40. The van der Waals surface area contributed by atoms with Crippen LogP contribution < -0.4 is 0 Å². The van der Waals surface area contributed by atoms with E-state index in [2.05, 4.69) is 30.3 Å². The molecule has 192 valence electrons. The van der Waals surface area contributed by atoms with Gasteiger partial charge in [0.1, 0.15) is 17.2 Å². The molecule has 1 aliphatic carbocycles. The van der Waals surface area contributed by atoms with Gasteiger partial charge in [-0.15, -0.1) is 0 Å². The van der Waals surface area contributed by atoms with E-state index in [-0.39, 0.29) is 17.2 Å². The largest absolute Gasteiger partial charge is 0.508 e. The SMILES string of the molecule is Oc1ccc(C2=CCC(O)C(C(c3ccc4ccccc4c3)c3cc(-c4ccc(O)cc4)ccc3O)=C2)cc1. The van der Waals surface area contributed by atoms with Crippen LogP contribution in [0.3, 0.4) is 0 Å². The summed E-state index contributed by atoms with van der Waals surface area (Å²) in [6.07, 6.45) is 3.71. The van der Waals surface area contributed by atoms with Crippen molar-refractivity contribution < 1.29 is 20.4 Å². The molecule has 1 aliphatic rings. The van der Waals surface area contributed by atoms with Gasteiger partial charge in [-0.25, -0.2) is 0 Å². The van der Waals surface area contributed by atoms with Crippen molar-refractivity contribution in [1.29, 1.82) is 0 Å². The van der Waals surface area contributed by atoms with E-state index >= 15 is 0 Å². The van der Waals surface area contributed by atoms with E-state index in [0.717, 1.165) is 44.2 Å². The van der Waals surface area contributed by atoms with E-state index < -0.39 is 12.0 Å². The highest BCUT2D eigenvalue weighted by molar-refractivity contribution is 5.84. The molecule has 0 aliphatic heterocycles. The zero-order chi connectivity index (χ0) is 26.9. The van der Waals surface area contributed by atoms with E-state index in [4.69, 9.17) is 0 Å². The average Bonchev–Trinajstić information content (AvgIpc) is 2.96. The molecule has 39 heavy (non-hydrogen) atoms. The Labute approximate surface area is 227 Å². The molecule has 0 heterocycles. The van der Waals surface area contributed by atoms with Crippen LogP contribution in [0.1, 0.15) is 29.0 Å². The normalized spacial score (nSPS) is 16.0. The number of phenols is 3. The van der Waals surface area contributed by atoms with Gasteiger partial charge in [0.2, 0.25) is 0 Å². The predicted octanol–water partition coefficient (Wildman–Crippen LogP) is 7.53. The summed E-state index contributed by atoms with van der Waals surface area (Å²) in [4.78, 5) is 0. The molecule has 0 amide bonds. The van der Waals surface area contributed by atoms with Crippen molar-refractivity contribution in [2.24, 2.45) is 0 Å². The molecule has 0 saturated heterocycles. The first-order chi connectivity index (χ1) is 19.0. The molecule has 5 aromatic rings. The number of phenolic OH excluding ortho intramolecular Hbond substituents is 3. The molecule has 0 bridgehead atoms. The number of allylic oxidation sites excluding steroid dienone is 2. The number of benzene rings is 5. The van der Waals surface area contributed by atoms with Crippen LogP contribution in [0.2, 0.25) is 0 Å². The highest BCUT2D eigenvalue weighted by Gasteiger charge is 2.29. The number of hydrogen-bond acceptors (Lipinski definition) is 4. The fourth-order valence-electron chi connectivity index (χ4n) is 5.40. The van der Waals surface area contributed by atoms with Gasteiger partial charge < -0.3 is 20.4 Å². The first-order valence-electron chi connectivity index (χ1n) is 13.0. The molecular formula is C35H28O4. The third-order valence-corrected chi connectivity index (χ3v) is 7.45. The number of aromatic hydroxyl groups is 3. The van der Waals surface area contributed by atoms with E-state index in [1.807, 2.05) is 60.7 Å². The molecule has 2 unspecified atom stereocenters. The minimum atomic E-state index is -0.737. The number of aliphatic hydroxyl groups excluding tert-OH is 1. The van der Waals surface area contributed by atoms with Crippen LogP contribution in [-0.2, 0) is 0 Å². The Morgan fingerprint density at radius 3 is 1.97 bits per heavy atom. The van der Waals surface area contributed by atoms with Gasteiger partial charge in [-0.2, -0.15) is 0 Å². The van der Waals surface area contributed by atoms with Gasteiger partial charge in [0, 0.05) is 11.5 Å². The summed E-state index contributed by atoms with van der Waals surface area (Å²) >= 11 is 0. The van der Waals surface area contributed by atoms with Gasteiger partial charge >= 0.3 is 0 Å².